The van der Waals surface area contributed by atoms with Gasteiger partial charge in [0, 0.05) is 18.9 Å². The van der Waals surface area contributed by atoms with Crippen LogP contribution in [0.4, 0.5) is 11.9 Å². The molecule has 3 rings (SSSR count). The van der Waals surface area contributed by atoms with Crippen molar-refractivity contribution in [3.63, 3.8) is 0 Å². The minimum Gasteiger partial charge on any atom is -0.354 e. The number of rotatable bonds is 5. The summed E-state index contributed by atoms with van der Waals surface area (Å²) in [6.45, 7) is 3.17. The molecule has 2 aromatic heterocycles. The summed E-state index contributed by atoms with van der Waals surface area (Å²) in [6.07, 6.45) is 7.31. The van der Waals surface area contributed by atoms with Gasteiger partial charge in [-0.1, -0.05) is 19.8 Å². The summed E-state index contributed by atoms with van der Waals surface area (Å²) in [5.74, 6) is 8.11. The van der Waals surface area contributed by atoms with Crippen LogP contribution in [0.15, 0.2) is 18.5 Å². The molecule has 0 aromatic carbocycles. The lowest BCUT2D eigenvalue weighted by molar-refractivity contribution is 0.439. The molecule has 0 amide bonds. The first-order valence-electron chi connectivity index (χ1n) is 7.23. The number of hydrogen-bond acceptors (Lipinski definition) is 7. The predicted molar refractivity (Wildman–Crippen MR) is 79.8 cm³/mol. The van der Waals surface area contributed by atoms with Gasteiger partial charge in [0.25, 0.3) is 5.95 Å². The molecule has 0 aliphatic heterocycles. The van der Waals surface area contributed by atoms with E-state index in [2.05, 4.69) is 37.7 Å². The van der Waals surface area contributed by atoms with Gasteiger partial charge < -0.3 is 5.32 Å². The lowest BCUT2D eigenvalue weighted by Crippen LogP contribution is -2.20. The fourth-order valence-electron chi connectivity index (χ4n) is 2.75. The zero-order chi connectivity index (χ0) is 14.7. The number of nitrogen functional groups attached to an aromatic ring is 1. The van der Waals surface area contributed by atoms with E-state index < -0.39 is 0 Å². The Hall–Kier alpha value is -2.22. The van der Waals surface area contributed by atoms with E-state index in [0.717, 1.165) is 12.5 Å². The summed E-state index contributed by atoms with van der Waals surface area (Å²) >= 11 is 0. The number of nitrogens with one attached hydrogen (secondary N) is 2. The molecule has 1 aliphatic carbocycles. The van der Waals surface area contributed by atoms with Crippen LogP contribution in [0.2, 0.25) is 0 Å². The summed E-state index contributed by atoms with van der Waals surface area (Å²) in [4.78, 5) is 12.8. The van der Waals surface area contributed by atoms with Crippen molar-refractivity contribution in [1.29, 1.82) is 0 Å². The highest BCUT2D eigenvalue weighted by molar-refractivity contribution is 5.36. The predicted octanol–water partition coefficient (Wildman–Crippen LogP) is 1.19. The van der Waals surface area contributed by atoms with Crippen molar-refractivity contribution in [1.82, 2.24) is 24.7 Å². The van der Waals surface area contributed by atoms with Gasteiger partial charge in [-0.25, -0.2) is 10.5 Å². The molecule has 8 nitrogen and oxygen atoms in total. The standard InChI is InChI=1S/C13H20N8/c1-9-4-2-5-10(9)8-15-11-17-12(20-14)19-13(18-11)21-7-3-6-16-21/h3,6-7,9-10H,2,4-5,8,14H2,1H3,(H2,15,17,18,19,20). The zero-order valence-corrected chi connectivity index (χ0v) is 12.0. The number of aromatic nitrogens is 5. The molecule has 1 saturated carbocycles. The number of nitrogens with zero attached hydrogens (tertiary/aromatic N) is 5. The number of hydrogen-bond donors (Lipinski definition) is 3. The van der Waals surface area contributed by atoms with Crippen molar-refractivity contribution >= 4 is 11.9 Å². The Labute approximate surface area is 123 Å². The minimum atomic E-state index is 0.317. The van der Waals surface area contributed by atoms with E-state index in [-0.39, 0.29) is 0 Å². The minimum absolute atomic E-state index is 0.317. The van der Waals surface area contributed by atoms with Crippen LogP contribution in [-0.2, 0) is 0 Å². The molecule has 0 saturated heterocycles. The van der Waals surface area contributed by atoms with Crippen molar-refractivity contribution < 1.29 is 0 Å². The first-order valence-corrected chi connectivity index (χ1v) is 7.23. The molecule has 2 heterocycles. The Balaban J connectivity index is 1.76. The van der Waals surface area contributed by atoms with E-state index in [4.69, 9.17) is 5.84 Å². The topological polar surface area (TPSA) is 107 Å². The quantitative estimate of drug-likeness (QED) is 0.560. The maximum absolute atomic E-state index is 5.42. The number of anilines is 2. The van der Waals surface area contributed by atoms with Crippen LogP contribution in [-0.4, -0.2) is 31.3 Å². The van der Waals surface area contributed by atoms with Gasteiger partial charge in [-0.15, -0.1) is 0 Å². The molecule has 2 unspecified atom stereocenters. The maximum Gasteiger partial charge on any atom is 0.257 e. The van der Waals surface area contributed by atoms with Gasteiger partial charge >= 0.3 is 0 Å². The van der Waals surface area contributed by atoms with Crippen molar-refractivity contribution in [2.45, 2.75) is 26.2 Å². The maximum atomic E-state index is 5.42. The third-order valence-corrected chi connectivity index (χ3v) is 4.02. The fraction of sp³-hybridized carbons (Fsp3) is 0.538. The van der Waals surface area contributed by atoms with Crippen LogP contribution < -0.4 is 16.6 Å². The van der Waals surface area contributed by atoms with Crippen LogP contribution in [0.3, 0.4) is 0 Å². The molecule has 8 heteroatoms. The average molecular weight is 288 g/mol. The summed E-state index contributed by atoms with van der Waals surface area (Å²) in [6, 6.07) is 1.81. The Morgan fingerprint density at radius 1 is 1.29 bits per heavy atom. The highest BCUT2D eigenvalue weighted by atomic mass is 15.4. The summed E-state index contributed by atoms with van der Waals surface area (Å²) in [7, 11) is 0. The van der Waals surface area contributed by atoms with E-state index >= 15 is 0 Å². The second kappa shape index (κ2) is 6.04. The van der Waals surface area contributed by atoms with E-state index in [1.54, 1.807) is 17.1 Å². The van der Waals surface area contributed by atoms with Gasteiger partial charge in [-0.2, -0.15) is 20.1 Å². The van der Waals surface area contributed by atoms with Gasteiger partial charge in [0.1, 0.15) is 0 Å². The largest absolute Gasteiger partial charge is 0.354 e. The highest BCUT2D eigenvalue weighted by Gasteiger charge is 2.23. The summed E-state index contributed by atoms with van der Waals surface area (Å²) in [5, 5.41) is 7.42. The van der Waals surface area contributed by atoms with Crippen molar-refractivity contribution in [2.24, 2.45) is 17.7 Å². The second-order valence-electron chi connectivity index (χ2n) is 5.43. The Bertz CT molecular complexity index is 582. The first-order chi connectivity index (χ1) is 10.3. The van der Waals surface area contributed by atoms with Crippen molar-refractivity contribution in [3.8, 4) is 5.95 Å². The molecule has 2 aromatic rings. The van der Waals surface area contributed by atoms with Gasteiger partial charge in [-0.05, 0) is 24.3 Å². The van der Waals surface area contributed by atoms with Gasteiger partial charge in [0.05, 0.1) is 0 Å². The van der Waals surface area contributed by atoms with Gasteiger partial charge in [0.2, 0.25) is 11.9 Å². The van der Waals surface area contributed by atoms with Crippen LogP contribution in [0.5, 0.6) is 0 Å². The molecule has 1 fully saturated rings. The Kier molecular flexibility index (Phi) is 3.96. The smallest absolute Gasteiger partial charge is 0.257 e. The van der Waals surface area contributed by atoms with E-state index in [1.807, 2.05) is 6.07 Å². The van der Waals surface area contributed by atoms with E-state index in [1.165, 1.54) is 19.3 Å². The van der Waals surface area contributed by atoms with Gasteiger partial charge in [-0.3, -0.25) is 5.43 Å². The monoisotopic (exact) mass is 288 g/mol. The van der Waals surface area contributed by atoms with Crippen LogP contribution in [0.1, 0.15) is 26.2 Å². The van der Waals surface area contributed by atoms with E-state index in [9.17, 15) is 0 Å². The Morgan fingerprint density at radius 2 is 2.14 bits per heavy atom. The molecule has 4 N–H and O–H groups in total. The van der Waals surface area contributed by atoms with Crippen molar-refractivity contribution in [3.05, 3.63) is 18.5 Å². The first kappa shape index (κ1) is 13.7. The molecule has 0 spiro atoms. The number of nitrogens with two attached hydrogens (primary N) is 1. The molecule has 0 radical (unpaired) electrons. The second-order valence-corrected chi connectivity index (χ2v) is 5.43. The average Bonchev–Trinajstić information content (AvgIpc) is 3.16. The Morgan fingerprint density at radius 3 is 2.81 bits per heavy atom. The summed E-state index contributed by atoms with van der Waals surface area (Å²) in [5.41, 5.74) is 2.46. The molecule has 112 valence electrons. The van der Waals surface area contributed by atoms with E-state index in [0.29, 0.717) is 23.8 Å². The third-order valence-electron chi connectivity index (χ3n) is 4.02. The van der Waals surface area contributed by atoms with Crippen molar-refractivity contribution in [2.75, 3.05) is 17.3 Å². The molecular formula is C13H20N8. The molecule has 1 aliphatic rings. The normalized spacial score (nSPS) is 21.4. The summed E-state index contributed by atoms with van der Waals surface area (Å²) < 4.78 is 1.58. The van der Waals surface area contributed by atoms with Crippen LogP contribution in [0, 0.1) is 11.8 Å². The third kappa shape index (κ3) is 3.10. The highest BCUT2D eigenvalue weighted by Crippen LogP contribution is 2.31. The fourth-order valence-corrected chi connectivity index (χ4v) is 2.75. The molecule has 21 heavy (non-hydrogen) atoms. The lowest BCUT2D eigenvalue weighted by Gasteiger charge is -2.16. The van der Waals surface area contributed by atoms with Crippen LogP contribution >= 0.6 is 0 Å². The molecule has 2 atom stereocenters. The van der Waals surface area contributed by atoms with Crippen LogP contribution in [0.25, 0.3) is 5.95 Å². The molecule has 0 bridgehead atoms. The molecular weight excluding hydrogens is 268 g/mol. The SMILES string of the molecule is CC1CCCC1CNc1nc(NN)nc(-n2cccn2)n1. The van der Waals surface area contributed by atoms with Gasteiger partial charge in [0.15, 0.2) is 0 Å². The number of hydrazine groups is 1. The lowest BCUT2D eigenvalue weighted by atomic mass is 9.98. The zero-order valence-electron chi connectivity index (χ0n) is 12.0.